The fraction of sp³-hybridized carbons (Fsp3) is 0.484. The van der Waals surface area contributed by atoms with Crippen LogP contribution < -0.4 is 5.32 Å². The van der Waals surface area contributed by atoms with Gasteiger partial charge in [0.1, 0.15) is 0 Å². The van der Waals surface area contributed by atoms with Crippen LogP contribution in [0.15, 0.2) is 58.8 Å². The Balaban J connectivity index is 1.26. The molecule has 3 heterocycles. The lowest BCUT2D eigenvalue weighted by atomic mass is 9.89. The SMILES string of the molecule is Cc1ccc(-c2csc(NC(=O)CN3CCC[C@]4(C3)CN(S(=O)(=O)c3ccc(C)cc3)[C@@H](CC(C)C)CO4)n2)cc1. The van der Waals surface area contributed by atoms with E-state index in [2.05, 4.69) is 29.0 Å². The Hall–Kier alpha value is -2.63. The number of amides is 1. The van der Waals surface area contributed by atoms with E-state index in [4.69, 9.17) is 4.74 Å². The number of hydrogen-bond acceptors (Lipinski definition) is 7. The van der Waals surface area contributed by atoms with Crippen LogP contribution in [0.3, 0.4) is 0 Å². The number of piperidine rings is 1. The zero-order valence-electron chi connectivity index (χ0n) is 24.3. The van der Waals surface area contributed by atoms with E-state index >= 15 is 0 Å². The van der Waals surface area contributed by atoms with Gasteiger partial charge >= 0.3 is 0 Å². The van der Waals surface area contributed by atoms with Crippen LogP contribution in [0, 0.1) is 19.8 Å². The first-order chi connectivity index (χ1) is 19.5. The number of nitrogens with zero attached hydrogens (tertiary/aromatic N) is 3. The second kappa shape index (κ2) is 12.3. The number of ether oxygens (including phenoxy) is 1. The van der Waals surface area contributed by atoms with Crippen molar-refractivity contribution >= 4 is 32.4 Å². The summed E-state index contributed by atoms with van der Waals surface area (Å²) in [6.07, 6.45) is 2.31. The largest absolute Gasteiger partial charge is 0.371 e. The minimum absolute atomic E-state index is 0.135. The number of carbonyl (C=O) groups excluding carboxylic acids is 1. The van der Waals surface area contributed by atoms with Crippen molar-refractivity contribution in [1.29, 1.82) is 0 Å². The molecule has 10 heteroatoms. The Morgan fingerprint density at radius 2 is 1.78 bits per heavy atom. The number of aryl methyl sites for hydroxylation is 2. The number of sulfonamides is 1. The van der Waals surface area contributed by atoms with Gasteiger partial charge in [-0.25, -0.2) is 13.4 Å². The third kappa shape index (κ3) is 7.06. The summed E-state index contributed by atoms with van der Waals surface area (Å²) in [7, 11) is -3.70. The van der Waals surface area contributed by atoms with Gasteiger partial charge in [0.2, 0.25) is 15.9 Å². The number of aromatic nitrogens is 1. The van der Waals surface area contributed by atoms with Gasteiger partial charge in [0.15, 0.2) is 5.13 Å². The van der Waals surface area contributed by atoms with Crippen molar-refractivity contribution in [3.8, 4) is 11.3 Å². The molecule has 8 nitrogen and oxygen atoms in total. The molecule has 3 aromatic rings. The first-order valence-corrected chi connectivity index (χ1v) is 16.6. The lowest BCUT2D eigenvalue weighted by Crippen LogP contribution is -2.64. The number of likely N-dealkylation sites (tertiary alicyclic amines) is 1. The molecule has 220 valence electrons. The van der Waals surface area contributed by atoms with Crippen molar-refractivity contribution in [2.45, 2.75) is 63.5 Å². The summed E-state index contributed by atoms with van der Waals surface area (Å²) in [5, 5.41) is 5.46. The maximum Gasteiger partial charge on any atom is 0.243 e. The van der Waals surface area contributed by atoms with E-state index in [1.807, 2.05) is 55.6 Å². The number of thiazole rings is 1. The van der Waals surface area contributed by atoms with E-state index in [0.29, 0.717) is 29.1 Å². The van der Waals surface area contributed by atoms with Gasteiger partial charge in [-0.05, 0) is 57.7 Å². The minimum atomic E-state index is -3.70. The topological polar surface area (TPSA) is 91.8 Å². The lowest BCUT2D eigenvalue weighted by Gasteiger charge is -2.50. The number of morpholine rings is 1. The molecule has 0 radical (unpaired) electrons. The highest BCUT2D eigenvalue weighted by Gasteiger charge is 2.47. The van der Waals surface area contributed by atoms with Gasteiger partial charge in [-0.1, -0.05) is 61.4 Å². The van der Waals surface area contributed by atoms with Crippen LogP contribution in [0.2, 0.25) is 0 Å². The second-order valence-corrected chi connectivity index (χ2v) is 14.7. The number of nitrogens with one attached hydrogen (secondary N) is 1. The molecule has 1 N–H and O–H groups in total. The summed E-state index contributed by atoms with van der Waals surface area (Å²) in [5.74, 6) is 0.196. The van der Waals surface area contributed by atoms with Crippen molar-refractivity contribution in [2.24, 2.45) is 5.92 Å². The van der Waals surface area contributed by atoms with Crippen LogP contribution in [0.5, 0.6) is 0 Å². The molecule has 0 unspecified atom stereocenters. The van der Waals surface area contributed by atoms with E-state index in [0.717, 1.165) is 42.6 Å². The molecule has 0 saturated carbocycles. The molecule has 0 aliphatic carbocycles. The van der Waals surface area contributed by atoms with Crippen molar-refractivity contribution in [1.82, 2.24) is 14.2 Å². The van der Waals surface area contributed by atoms with Crippen molar-refractivity contribution in [3.63, 3.8) is 0 Å². The molecule has 2 aliphatic rings. The van der Waals surface area contributed by atoms with E-state index in [1.165, 1.54) is 16.9 Å². The first kappa shape index (κ1) is 29.8. The second-order valence-electron chi connectivity index (χ2n) is 11.9. The van der Waals surface area contributed by atoms with E-state index in [1.54, 1.807) is 16.4 Å². The molecule has 2 atom stereocenters. The van der Waals surface area contributed by atoms with Gasteiger partial charge in [0.05, 0.1) is 29.3 Å². The molecule has 1 spiro atoms. The van der Waals surface area contributed by atoms with Crippen molar-refractivity contribution < 1.29 is 17.9 Å². The van der Waals surface area contributed by atoms with Crippen molar-refractivity contribution in [2.75, 3.05) is 38.1 Å². The molecule has 41 heavy (non-hydrogen) atoms. The highest BCUT2D eigenvalue weighted by atomic mass is 32.2. The molecule has 1 amide bonds. The first-order valence-electron chi connectivity index (χ1n) is 14.3. The molecule has 0 bridgehead atoms. The monoisotopic (exact) mass is 596 g/mol. The molecule has 2 saturated heterocycles. The van der Waals surface area contributed by atoms with Crippen LogP contribution in [-0.2, 0) is 19.6 Å². The summed E-state index contributed by atoms with van der Waals surface area (Å²) in [6, 6.07) is 15.0. The third-order valence-corrected chi connectivity index (χ3v) is 10.6. The molecule has 2 fully saturated rings. The van der Waals surface area contributed by atoms with Gasteiger partial charge in [0, 0.05) is 30.1 Å². The highest BCUT2D eigenvalue weighted by Crippen LogP contribution is 2.35. The van der Waals surface area contributed by atoms with Crippen LogP contribution >= 0.6 is 11.3 Å². The Kier molecular flexibility index (Phi) is 8.96. The summed E-state index contributed by atoms with van der Waals surface area (Å²) in [5.41, 5.74) is 3.41. The summed E-state index contributed by atoms with van der Waals surface area (Å²) in [6.45, 7) is 10.3. The third-order valence-electron chi connectivity index (χ3n) is 7.89. The Morgan fingerprint density at radius 1 is 1.10 bits per heavy atom. The van der Waals surface area contributed by atoms with Gasteiger partial charge in [0.25, 0.3) is 0 Å². The number of benzene rings is 2. The zero-order valence-corrected chi connectivity index (χ0v) is 25.9. The lowest BCUT2D eigenvalue weighted by molar-refractivity contribution is -0.146. The van der Waals surface area contributed by atoms with Crippen LogP contribution in [0.1, 0.15) is 44.2 Å². The van der Waals surface area contributed by atoms with Gasteiger partial charge < -0.3 is 10.1 Å². The molecule has 2 aliphatic heterocycles. The Labute approximate surface area is 247 Å². The quantitative estimate of drug-likeness (QED) is 0.378. The predicted octanol–water partition coefficient (Wildman–Crippen LogP) is 5.34. The number of rotatable bonds is 8. The smallest absolute Gasteiger partial charge is 0.243 e. The minimum Gasteiger partial charge on any atom is -0.371 e. The fourth-order valence-corrected chi connectivity index (χ4v) is 8.23. The van der Waals surface area contributed by atoms with Gasteiger partial charge in [-0.3, -0.25) is 9.69 Å². The molecule has 1 aromatic heterocycles. The van der Waals surface area contributed by atoms with Crippen LogP contribution in [-0.4, -0.2) is 72.9 Å². The standard InChI is InChI=1S/C31H40N4O4S2/c1-22(2)16-26-18-39-31(21-35(26)41(37,38)27-12-8-24(4)9-13-27)14-5-15-34(20-31)17-29(36)33-30-32-28(19-40-30)25-10-6-23(3)7-11-25/h6-13,19,22,26H,5,14-18,20-21H2,1-4H3,(H,32,33,36)/t26-,31-/m0/s1. The molecule has 5 rings (SSSR count). The average Bonchev–Trinajstić information content (AvgIpc) is 3.38. The maximum absolute atomic E-state index is 13.9. The zero-order chi connectivity index (χ0) is 29.2. The number of hydrogen-bond donors (Lipinski definition) is 1. The molecular weight excluding hydrogens is 556 g/mol. The Morgan fingerprint density at radius 3 is 2.46 bits per heavy atom. The summed E-state index contributed by atoms with van der Waals surface area (Å²) >= 11 is 1.41. The van der Waals surface area contributed by atoms with Gasteiger partial charge in [-0.2, -0.15) is 4.31 Å². The Bertz CT molecular complexity index is 1450. The fourth-order valence-electron chi connectivity index (χ4n) is 5.79. The van der Waals surface area contributed by atoms with E-state index in [-0.39, 0.29) is 25.0 Å². The normalized spacial score (nSPS) is 22.3. The summed E-state index contributed by atoms with van der Waals surface area (Å²) < 4.78 is 35.9. The molecular formula is C31H40N4O4S2. The number of anilines is 1. The van der Waals surface area contributed by atoms with E-state index in [9.17, 15) is 13.2 Å². The van der Waals surface area contributed by atoms with Crippen molar-refractivity contribution in [3.05, 3.63) is 65.0 Å². The highest BCUT2D eigenvalue weighted by molar-refractivity contribution is 7.89. The predicted molar refractivity (Wildman–Crippen MR) is 164 cm³/mol. The number of carbonyl (C=O) groups is 1. The maximum atomic E-state index is 13.9. The summed E-state index contributed by atoms with van der Waals surface area (Å²) in [4.78, 5) is 20.0. The van der Waals surface area contributed by atoms with E-state index < -0.39 is 15.6 Å². The van der Waals surface area contributed by atoms with Crippen LogP contribution in [0.4, 0.5) is 5.13 Å². The van der Waals surface area contributed by atoms with Gasteiger partial charge in [-0.15, -0.1) is 11.3 Å². The molecule has 2 aromatic carbocycles. The van der Waals surface area contributed by atoms with Crippen LogP contribution in [0.25, 0.3) is 11.3 Å². The average molecular weight is 597 g/mol.